The van der Waals surface area contributed by atoms with Crippen LogP contribution in [0.5, 0.6) is 0 Å². The number of benzene rings is 1. The fraction of sp³-hybridized carbons (Fsp3) is 0.444. The maximum atomic E-state index is 12.5. The first-order valence-corrected chi connectivity index (χ1v) is 9.36. The molecular weight excluding hydrogens is 336 g/mol. The van der Waals surface area contributed by atoms with Crippen LogP contribution in [-0.2, 0) is 10.2 Å². The van der Waals surface area contributed by atoms with Gasteiger partial charge in [-0.1, -0.05) is 28.8 Å². The van der Waals surface area contributed by atoms with E-state index in [1.165, 1.54) is 17.1 Å². The number of fused-ring (bicyclic) bond motifs is 2. The summed E-state index contributed by atoms with van der Waals surface area (Å²) in [6, 6.07) is 8.27. The molecule has 6 nitrogen and oxygen atoms in total. The van der Waals surface area contributed by atoms with Gasteiger partial charge in [-0.3, -0.25) is 9.59 Å². The molecule has 1 aromatic heterocycles. The number of amides is 2. The standard InChI is InChI=1S/C18H20N4O2S/c1-19-16(23)13-10-18(14-5-3-2-4-12(13)14)6-8-22(9-7-18)17(24)15-11-25-21-20-15/h2-5,11,13H,6-10H2,1H3,(H,19,23)/t13-/m0/s1. The predicted octanol–water partition coefficient (Wildman–Crippen LogP) is 1.95. The molecular formula is C18H20N4O2S. The molecule has 0 bridgehead atoms. The molecule has 1 saturated heterocycles. The van der Waals surface area contributed by atoms with Crippen LogP contribution in [0.3, 0.4) is 0 Å². The van der Waals surface area contributed by atoms with Crippen molar-refractivity contribution in [2.45, 2.75) is 30.6 Å². The highest BCUT2D eigenvalue weighted by atomic mass is 32.1. The van der Waals surface area contributed by atoms with Crippen molar-refractivity contribution in [1.82, 2.24) is 19.8 Å². The number of hydrogen-bond acceptors (Lipinski definition) is 5. The maximum absolute atomic E-state index is 12.5. The van der Waals surface area contributed by atoms with Crippen molar-refractivity contribution in [2.75, 3.05) is 20.1 Å². The zero-order valence-corrected chi connectivity index (χ0v) is 14.9. The van der Waals surface area contributed by atoms with E-state index in [0.29, 0.717) is 18.8 Å². The van der Waals surface area contributed by atoms with E-state index in [2.05, 4.69) is 27.0 Å². The van der Waals surface area contributed by atoms with Gasteiger partial charge in [-0.15, -0.1) is 5.10 Å². The molecule has 1 aliphatic heterocycles. The third-order valence-corrected chi connectivity index (χ3v) is 6.16. The fourth-order valence-electron chi connectivity index (χ4n) is 4.33. The van der Waals surface area contributed by atoms with Gasteiger partial charge in [0, 0.05) is 30.9 Å². The Balaban J connectivity index is 1.56. The van der Waals surface area contributed by atoms with Crippen LogP contribution in [0, 0.1) is 0 Å². The monoisotopic (exact) mass is 356 g/mol. The molecule has 1 atom stereocenters. The smallest absolute Gasteiger partial charge is 0.275 e. The third kappa shape index (κ3) is 2.63. The first kappa shape index (κ1) is 16.2. The number of nitrogens with zero attached hydrogens (tertiary/aromatic N) is 3. The van der Waals surface area contributed by atoms with Gasteiger partial charge in [0.1, 0.15) is 0 Å². The minimum absolute atomic E-state index is 0.00905. The Kier molecular flexibility index (Phi) is 4.03. The zero-order valence-electron chi connectivity index (χ0n) is 14.1. The van der Waals surface area contributed by atoms with Crippen LogP contribution in [0.2, 0.25) is 0 Å². The number of likely N-dealkylation sites (tertiary alicyclic amines) is 1. The van der Waals surface area contributed by atoms with Crippen molar-refractivity contribution in [3.05, 3.63) is 46.5 Å². The second-order valence-corrected chi connectivity index (χ2v) is 7.43. The van der Waals surface area contributed by atoms with Crippen LogP contribution in [0.1, 0.15) is 46.8 Å². The molecule has 0 unspecified atom stereocenters. The molecule has 0 radical (unpaired) electrons. The van der Waals surface area contributed by atoms with Crippen molar-refractivity contribution in [1.29, 1.82) is 0 Å². The highest BCUT2D eigenvalue weighted by Gasteiger charge is 2.47. The van der Waals surface area contributed by atoms with E-state index in [9.17, 15) is 9.59 Å². The summed E-state index contributed by atoms with van der Waals surface area (Å²) in [5.41, 5.74) is 2.84. The summed E-state index contributed by atoms with van der Waals surface area (Å²) < 4.78 is 3.78. The third-order valence-electron chi connectivity index (χ3n) is 5.65. The molecule has 2 aliphatic rings. The van der Waals surface area contributed by atoms with Gasteiger partial charge in [-0.05, 0) is 41.9 Å². The van der Waals surface area contributed by atoms with Crippen molar-refractivity contribution in [3.8, 4) is 0 Å². The van der Waals surface area contributed by atoms with Crippen molar-refractivity contribution in [3.63, 3.8) is 0 Å². The van der Waals surface area contributed by atoms with Gasteiger partial charge in [0.25, 0.3) is 5.91 Å². The molecule has 2 amide bonds. The minimum atomic E-state index is -0.0915. The van der Waals surface area contributed by atoms with Crippen molar-refractivity contribution >= 4 is 23.3 Å². The van der Waals surface area contributed by atoms with Gasteiger partial charge in [0.2, 0.25) is 5.91 Å². The Morgan fingerprint density at radius 1 is 1.28 bits per heavy atom. The number of carbonyl (C=O) groups excluding carboxylic acids is 2. The summed E-state index contributed by atoms with van der Waals surface area (Å²) in [5.74, 6) is -0.0553. The van der Waals surface area contributed by atoms with E-state index >= 15 is 0 Å². The summed E-state index contributed by atoms with van der Waals surface area (Å²) in [7, 11) is 1.69. The first-order valence-electron chi connectivity index (χ1n) is 8.52. The van der Waals surface area contributed by atoms with Crippen LogP contribution >= 0.6 is 11.5 Å². The molecule has 1 spiro atoms. The van der Waals surface area contributed by atoms with E-state index in [1.807, 2.05) is 17.0 Å². The number of aromatic nitrogens is 2. The molecule has 1 fully saturated rings. The number of rotatable bonds is 2. The van der Waals surface area contributed by atoms with Gasteiger partial charge in [-0.25, -0.2) is 0 Å². The first-order chi connectivity index (χ1) is 12.1. The summed E-state index contributed by atoms with van der Waals surface area (Å²) in [5, 5.41) is 8.38. The van der Waals surface area contributed by atoms with Crippen LogP contribution in [-0.4, -0.2) is 46.4 Å². The molecule has 25 heavy (non-hydrogen) atoms. The number of hydrogen-bond donors (Lipinski definition) is 1. The minimum Gasteiger partial charge on any atom is -0.359 e. The summed E-state index contributed by atoms with van der Waals surface area (Å²) >= 11 is 1.19. The lowest BCUT2D eigenvalue weighted by molar-refractivity contribution is -0.122. The van der Waals surface area contributed by atoms with Gasteiger partial charge in [-0.2, -0.15) is 0 Å². The summed E-state index contributed by atoms with van der Waals surface area (Å²) in [6.45, 7) is 1.37. The summed E-state index contributed by atoms with van der Waals surface area (Å²) in [4.78, 5) is 26.7. The average Bonchev–Trinajstić information content (AvgIpc) is 3.29. The largest absolute Gasteiger partial charge is 0.359 e. The highest BCUT2D eigenvalue weighted by molar-refractivity contribution is 7.03. The van der Waals surface area contributed by atoms with Gasteiger partial charge in [0.15, 0.2) is 5.69 Å². The van der Waals surface area contributed by atoms with E-state index < -0.39 is 0 Å². The topological polar surface area (TPSA) is 75.2 Å². The lowest BCUT2D eigenvalue weighted by Gasteiger charge is -2.40. The second kappa shape index (κ2) is 6.22. The van der Waals surface area contributed by atoms with Crippen LogP contribution < -0.4 is 5.32 Å². The quantitative estimate of drug-likeness (QED) is 0.892. The van der Waals surface area contributed by atoms with Gasteiger partial charge in [0.05, 0.1) is 5.92 Å². The Bertz CT molecular complexity index is 797. The normalized spacial score (nSPS) is 21.2. The Morgan fingerprint density at radius 3 is 2.72 bits per heavy atom. The molecule has 1 aromatic carbocycles. The van der Waals surface area contributed by atoms with E-state index in [1.54, 1.807) is 12.4 Å². The SMILES string of the molecule is CNC(=O)[C@H]1CC2(CCN(C(=O)c3csnn3)CC2)c2ccccc21. The average molecular weight is 356 g/mol. The molecule has 0 saturated carbocycles. The predicted molar refractivity (Wildman–Crippen MR) is 94.6 cm³/mol. The lowest BCUT2D eigenvalue weighted by Crippen LogP contribution is -2.44. The van der Waals surface area contributed by atoms with Gasteiger partial charge < -0.3 is 10.2 Å². The van der Waals surface area contributed by atoms with Gasteiger partial charge >= 0.3 is 0 Å². The molecule has 1 aliphatic carbocycles. The molecule has 1 N–H and O–H groups in total. The summed E-state index contributed by atoms with van der Waals surface area (Å²) in [6.07, 6.45) is 2.58. The molecule has 2 aromatic rings. The maximum Gasteiger partial charge on any atom is 0.275 e. The Hall–Kier alpha value is -2.28. The number of likely N-dealkylation sites (N-methyl/N-ethyl adjacent to an activating group) is 1. The lowest BCUT2D eigenvalue weighted by atomic mass is 9.73. The number of piperidine rings is 1. The van der Waals surface area contributed by atoms with Crippen LogP contribution in [0.15, 0.2) is 29.6 Å². The zero-order chi connectivity index (χ0) is 17.4. The van der Waals surface area contributed by atoms with E-state index in [4.69, 9.17) is 0 Å². The highest BCUT2D eigenvalue weighted by Crippen LogP contribution is 2.51. The van der Waals surface area contributed by atoms with Crippen molar-refractivity contribution in [2.24, 2.45) is 0 Å². The Morgan fingerprint density at radius 2 is 2.04 bits per heavy atom. The number of nitrogens with one attached hydrogen (secondary N) is 1. The van der Waals surface area contributed by atoms with Crippen LogP contribution in [0.4, 0.5) is 0 Å². The molecule has 2 heterocycles. The Labute approximate surface area is 150 Å². The van der Waals surface area contributed by atoms with E-state index in [-0.39, 0.29) is 23.1 Å². The molecule has 130 valence electrons. The second-order valence-electron chi connectivity index (χ2n) is 6.82. The van der Waals surface area contributed by atoms with E-state index in [0.717, 1.165) is 24.8 Å². The molecule has 7 heteroatoms. The fourth-order valence-corrected chi connectivity index (χ4v) is 4.76. The molecule has 4 rings (SSSR count). The van der Waals surface area contributed by atoms with Crippen LogP contribution in [0.25, 0.3) is 0 Å². The number of carbonyl (C=O) groups is 2. The van der Waals surface area contributed by atoms with Crippen molar-refractivity contribution < 1.29 is 9.59 Å².